The fourth-order valence-electron chi connectivity index (χ4n) is 1.02. The first-order chi connectivity index (χ1) is 12.6. The molecule has 34 heavy (non-hydrogen) atoms. The lowest BCUT2D eigenvalue weighted by atomic mass is 9.91. The number of methoxy groups -OCH3 is 2. The van der Waals surface area contributed by atoms with E-state index in [2.05, 4.69) is 9.47 Å². The lowest BCUT2D eigenvalue weighted by molar-refractivity contribution is -0.164. The number of carboxylic acid groups (broad SMARTS) is 1. The van der Waals surface area contributed by atoms with E-state index in [4.69, 9.17) is 9.84 Å². The molecule has 0 aliphatic rings. The highest BCUT2D eigenvalue weighted by Gasteiger charge is 2.27. The van der Waals surface area contributed by atoms with Gasteiger partial charge in [0.2, 0.25) is 0 Å². The van der Waals surface area contributed by atoms with E-state index in [1.165, 1.54) is 14.2 Å². The number of hydrogen-bond donors (Lipinski definition) is 1. The van der Waals surface area contributed by atoms with Crippen molar-refractivity contribution in [2.45, 2.75) is 126 Å². The molecule has 0 atom stereocenters. The van der Waals surface area contributed by atoms with E-state index in [0.29, 0.717) is 6.42 Å². The summed E-state index contributed by atoms with van der Waals surface area (Å²) < 4.78 is 14.0. The van der Waals surface area contributed by atoms with Crippen molar-refractivity contribution in [1.82, 2.24) is 0 Å². The zero-order valence-electron chi connectivity index (χ0n) is 19.7. The molecule has 7 nitrogen and oxygen atoms in total. The first-order valence-electron chi connectivity index (χ1n) is 9.57. The number of hydrogen-bond acceptors (Lipinski definition) is 6. The largest absolute Gasteiger partial charge is 0.481 e. The van der Waals surface area contributed by atoms with Gasteiger partial charge in [0.25, 0.3) is 0 Å². The van der Waals surface area contributed by atoms with E-state index in [1.54, 1.807) is 13.8 Å². The van der Waals surface area contributed by atoms with Gasteiger partial charge in [0.05, 0.1) is 23.4 Å². The van der Waals surface area contributed by atoms with Crippen molar-refractivity contribution in [3.8, 4) is 0 Å². The van der Waals surface area contributed by atoms with Crippen LogP contribution in [0.2, 0.25) is 0 Å². The Balaban J connectivity index is -0.0000000366. The molecule has 1 N–H and O–H groups in total. The number of rotatable bonds is 8. The fourth-order valence-corrected chi connectivity index (χ4v) is 1.02. The molecular weight excluding hydrogens is 436 g/mol. The van der Waals surface area contributed by atoms with Crippen LogP contribution in [0.25, 0.3) is 0 Å². The fraction of sp³-hybridized carbons (Fsp3) is 0.889. The summed E-state index contributed by atoms with van der Waals surface area (Å²) in [6.07, 6.45) is 2.28. The minimum atomic E-state index is -0.722. The summed E-state index contributed by atoms with van der Waals surface area (Å²) in [7, 11) is 2.91. The minimum Gasteiger partial charge on any atom is -0.481 e. The van der Waals surface area contributed by atoms with Crippen molar-refractivity contribution in [3.63, 3.8) is 0 Å². The van der Waals surface area contributed by atoms with E-state index >= 15 is 0 Å². The zero-order valence-corrected chi connectivity index (χ0v) is 19.7. The smallest absolute Gasteiger partial charge is 0.313 e. The van der Waals surface area contributed by atoms with Crippen LogP contribution in [-0.4, -0.2) is 44.0 Å². The first-order valence-corrected chi connectivity index (χ1v) is 9.57. The minimum absolute atomic E-state index is 0. The number of carbonyl (C=O) groups excluding carboxylic acids is 2. The Morgan fingerprint density at radius 1 is 0.618 bits per heavy atom. The normalized spacial score (nSPS) is 9.26. The van der Waals surface area contributed by atoms with E-state index in [0.717, 1.165) is 12.8 Å². The molecule has 0 unspecified atom stereocenters. The topological polar surface area (TPSA) is 99.1 Å². The summed E-state index contributed by atoms with van der Waals surface area (Å²) in [6.45, 7) is 16.7. The van der Waals surface area contributed by atoms with Crippen molar-refractivity contribution in [1.29, 1.82) is 0 Å². The van der Waals surface area contributed by atoms with Gasteiger partial charge in [-0.05, 0) is 60.8 Å². The molecule has 7 heteroatoms. The second kappa shape index (κ2) is 27.6. The maximum Gasteiger partial charge on any atom is 0.313 e. The second-order valence-corrected chi connectivity index (χ2v) is 8.35. The van der Waals surface area contributed by atoms with E-state index in [9.17, 15) is 14.4 Å². The van der Waals surface area contributed by atoms with Gasteiger partial charge in [-0.3, -0.25) is 14.4 Å². The molecule has 0 amide bonds. The molecule has 0 aromatic rings. The Kier molecular flexibility index (Phi) is 47.4. The third kappa shape index (κ3) is 26.6. The Morgan fingerprint density at radius 3 is 1.06 bits per heavy atom. The van der Waals surface area contributed by atoms with Gasteiger partial charge in [-0.2, -0.15) is 0 Å². The van der Waals surface area contributed by atoms with E-state index in [1.807, 2.05) is 48.5 Å². The Hall–Kier alpha value is -1.63. The van der Waals surface area contributed by atoms with Crippen molar-refractivity contribution < 1.29 is 33.7 Å². The average Bonchev–Trinajstić information content (AvgIpc) is 2.65. The molecule has 0 aliphatic carbocycles. The summed E-state index contributed by atoms with van der Waals surface area (Å²) >= 11 is 0. The standard InChI is InChI=1S/C8H16O3.C7H14O2.C6H12O2.6CH4/c1-5-8(2,3)7(9)11-6-10-4;1-5-7(2,3)6(8)9-4;1-4-6(2,3)5(7)8;;;;;;/h5-6H2,1-4H3;5H2,1-4H3;4H2,1-3H3,(H,7,8);6*1H4. The van der Waals surface area contributed by atoms with Crippen molar-refractivity contribution in [2.75, 3.05) is 21.0 Å². The van der Waals surface area contributed by atoms with Gasteiger partial charge >= 0.3 is 17.9 Å². The maximum atomic E-state index is 11.2. The molecule has 0 aliphatic heterocycles. The quantitative estimate of drug-likeness (QED) is 0.262. The summed E-state index contributed by atoms with van der Waals surface area (Å²) in [5, 5.41) is 8.44. The van der Waals surface area contributed by atoms with E-state index in [-0.39, 0.29) is 68.7 Å². The van der Waals surface area contributed by atoms with Crippen LogP contribution in [0.1, 0.15) is 126 Å². The molecular formula is C27H66O7. The first kappa shape index (κ1) is 58.3. The Bertz CT molecular complexity index is 468. The molecule has 0 aromatic carbocycles. The van der Waals surface area contributed by atoms with Gasteiger partial charge in [0, 0.05) is 7.11 Å². The number of ether oxygens (including phenoxy) is 3. The lowest BCUT2D eigenvalue weighted by Crippen LogP contribution is -2.26. The van der Waals surface area contributed by atoms with Crippen molar-refractivity contribution in [2.24, 2.45) is 16.2 Å². The maximum absolute atomic E-state index is 11.2. The summed E-state index contributed by atoms with van der Waals surface area (Å²) in [4.78, 5) is 32.2. The van der Waals surface area contributed by atoms with Crippen LogP contribution in [0.15, 0.2) is 0 Å². The zero-order chi connectivity index (χ0) is 23.2. The van der Waals surface area contributed by atoms with Crippen LogP contribution < -0.4 is 0 Å². The Morgan fingerprint density at radius 2 is 0.912 bits per heavy atom. The van der Waals surface area contributed by atoms with Gasteiger partial charge in [-0.1, -0.05) is 65.3 Å². The predicted molar refractivity (Wildman–Crippen MR) is 150 cm³/mol. The number of esters is 2. The molecule has 0 aromatic heterocycles. The lowest BCUT2D eigenvalue weighted by Gasteiger charge is -2.19. The monoisotopic (exact) mass is 502 g/mol. The molecule has 0 fully saturated rings. The molecule has 216 valence electrons. The molecule has 0 rings (SSSR count). The van der Waals surface area contributed by atoms with Crippen LogP contribution in [-0.2, 0) is 28.6 Å². The van der Waals surface area contributed by atoms with Crippen LogP contribution in [0.4, 0.5) is 0 Å². The SMILES string of the molecule is C.C.C.C.C.C.CCC(C)(C)C(=O)O.CCC(C)(C)C(=O)OC.CCC(C)(C)C(=O)OCOC. The molecule has 0 saturated carbocycles. The van der Waals surface area contributed by atoms with Crippen LogP contribution in [0.3, 0.4) is 0 Å². The van der Waals surface area contributed by atoms with Gasteiger partial charge in [-0.15, -0.1) is 0 Å². The van der Waals surface area contributed by atoms with Gasteiger partial charge in [0.15, 0.2) is 6.79 Å². The number of aliphatic carboxylic acids is 1. The number of carboxylic acids is 1. The van der Waals surface area contributed by atoms with Crippen molar-refractivity contribution >= 4 is 17.9 Å². The molecule has 0 heterocycles. The molecule has 0 radical (unpaired) electrons. The van der Waals surface area contributed by atoms with Gasteiger partial charge < -0.3 is 19.3 Å². The van der Waals surface area contributed by atoms with Crippen LogP contribution in [0, 0.1) is 16.2 Å². The highest BCUT2D eigenvalue weighted by atomic mass is 16.7. The third-order valence-electron chi connectivity index (χ3n) is 4.83. The summed E-state index contributed by atoms with van der Waals surface area (Å²) in [6, 6.07) is 0. The second-order valence-electron chi connectivity index (χ2n) is 8.35. The van der Waals surface area contributed by atoms with Gasteiger partial charge in [-0.25, -0.2) is 0 Å². The van der Waals surface area contributed by atoms with Crippen molar-refractivity contribution in [3.05, 3.63) is 0 Å². The number of carbonyl (C=O) groups is 3. The summed E-state index contributed by atoms with van der Waals surface area (Å²) in [5.41, 5.74) is -1.24. The van der Waals surface area contributed by atoms with E-state index < -0.39 is 16.8 Å². The van der Waals surface area contributed by atoms with Crippen LogP contribution in [0.5, 0.6) is 0 Å². The third-order valence-corrected chi connectivity index (χ3v) is 4.83. The predicted octanol–water partition coefficient (Wildman–Crippen LogP) is 8.49. The van der Waals surface area contributed by atoms with Crippen LogP contribution >= 0.6 is 0 Å². The molecule has 0 spiro atoms. The summed E-state index contributed by atoms with van der Waals surface area (Å²) in [5.74, 6) is -1.06. The molecule has 0 saturated heterocycles. The highest BCUT2D eigenvalue weighted by Crippen LogP contribution is 2.21. The highest BCUT2D eigenvalue weighted by molar-refractivity contribution is 5.76. The Labute approximate surface area is 215 Å². The average molecular weight is 503 g/mol. The molecule has 0 bridgehead atoms. The van der Waals surface area contributed by atoms with Gasteiger partial charge in [0.1, 0.15) is 0 Å².